The van der Waals surface area contributed by atoms with E-state index in [1.54, 1.807) is 12.1 Å². The molecule has 3 aromatic carbocycles. The van der Waals surface area contributed by atoms with Gasteiger partial charge in [0.25, 0.3) is 5.91 Å². The van der Waals surface area contributed by atoms with E-state index in [9.17, 15) is 19.8 Å². The highest BCUT2D eigenvalue weighted by Gasteiger charge is 2.41. The van der Waals surface area contributed by atoms with Gasteiger partial charge < -0.3 is 34.6 Å². The molecule has 0 aromatic heterocycles. The van der Waals surface area contributed by atoms with Gasteiger partial charge >= 0.3 is 5.97 Å². The molecule has 2 heterocycles. The molecular formula is C35H41ClN2O7. The van der Waals surface area contributed by atoms with E-state index in [0.29, 0.717) is 43.2 Å². The van der Waals surface area contributed by atoms with Crippen LogP contribution in [0, 0.1) is 5.92 Å². The number of aliphatic hydroxyl groups is 2. The number of hydrogen-bond donors (Lipinski definition) is 3. The Kier molecular flexibility index (Phi) is 10.6. The number of nitrogens with one attached hydrogen (secondary N) is 1. The molecule has 0 bridgehead atoms. The van der Waals surface area contributed by atoms with Crippen LogP contribution in [0.2, 0.25) is 5.02 Å². The third kappa shape index (κ3) is 8.10. The number of halogens is 1. The summed E-state index contributed by atoms with van der Waals surface area (Å²) in [6, 6.07) is 22.4. The standard InChI is InChI=1S/C35H41ClN2O7/c1-22-31(20-38-18-16-35(42,17-19-38)28-10-12-29(36)13-11-28)44-34(45-32(22)26-6-4-25(21-39)5-7-26)27-8-14-30(15-9-27)37-33(41)23(2)43-24(3)40/h4-15,22-23,31-32,34,39,42H,16-21H2,1-3H3,(H,37,41). The number of nitrogens with zero attached hydrogens (tertiary/aromatic N) is 1. The Morgan fingerprint density at radius 1 is 1.00 bits per heavy atom. The van der Waals surface area contributed by atoms with E-state index in [1.807, 2.05) is 60.7 Å². The van der Waals surface area contributed by atoms with Gasteiger partial charge in [-0.05, 0) is 60.7 Å². The molecule has 3 N–H and O–H groups in total. The molecule has 0 aliphatic carbocycles. The molecule has 9 nitrogen and oxygen atoms in total. The van der Waals surface area contributed by atoms with E-state index >= 15 is 0 Å². The van der Waals surface area contributed by atoms with Crippen molar-refractivity contribution < 1.29 is 34.0 Å². The summed E-state index contributed by atoms with van der Waals surface area (Å²) < 4.78 is 18.1. The summed E-state index contributed by atoms with van der Waals surface area (Å²) in [7, 11) is 0. The highest BCUT2D eigenvalue weighted by atomic mass is 35.5. The predicted molar refractivity (Wildman–Crippen MR) is 170 cm³/mol. The minimum absolute atomic E-state index is 0.0135. The summed E-state index contributed by atoms with van der Waals surface area (Å²) in [6.07, 6.45) is -0.799. The zero-order valence-electron chi connectivity index (χ0n) is 25.8. The van der Waals surface area contributed by atoms with Crippen molar-refractivity contribution in [1.82, 2.24) is 4.90 Å². The molecule has 45 heavy (non-hydrogen) atoms. The van der Waals surface area contributed by atoms with Crippen LogP contribution in [0.1, 0.15) is 68.3 Å². The first-order valence-electron chi connectivity index (χ1n) is 15.3. The second kappa shape index (κ2) is 14.4. The van der Waals surface area contributed by atoms with Crippen LogP contribution in [0.25, 0.3) is 0 Å². The number of likely N-dealkylation sites (tertiary alicyclic amines) is 1. The molecule has 2 saturated heterocycles. The zero-order valence-corrected chi connectivity index (χ0v) is 26.6. The van der Waals surface area contributed by atoms with E-state index in [1.165, 1.54) is 13.8 Å². The Morgan fingerprint density at radius 3 is 2.22 bits per heavy atom. The average molecular weight is 637 g/mol. The first kappa shape index (κ1) is 33.1. The van der Waals surface area contributed by atoms with Crippen molar-refractivity contribution in [2.75, 3.05) is 25.0 Å². The van der Waals surface area contributed by atoms with Crippen molar-refractivity contribution in [2.24, 2.45) is 5.92 Å². The lowest BCUT2D eigenvalue weighted by Gasteiger charge is -2.45. The molecule has 0 radical (unpaired) electrons. The van der Waals surface area contributed by atoms with Crippen LogP contribution in [-0.4, -0.2) is 58.8 Å². The Labute approximate surface area is 269 Å². The van der Waals surface area contributed by atoms with Crippen molar-refractivity contribution in [2.45, 2.75) is 70.4 Å². The molecule has 0 saturated carbocycles. The Morgan fingerprint density at radius 2 is 1.62 bits per heavy atom. The van der Waals surface area contributed by atoms with E-state index < -0.39 is 29.9 Å². The fourth-order valence-corrected chi connectivity index (χ4v) is 6.13. The highest BCUT2D eigenvalue weighted by Crippen LogP contribution is 2.43. The Hall–Kier alpha value is -3.31. The van der Waals surface area contributed by atoms with Crippen LogP contribution in [0.15, 0.2) is 72.8 Å². The monoisotopic (exact) mass is 636 g/mol. The molecule has 0 spiro atoms. The summed E-state index contributed by atoms with van der Waals surface area (Å²) in [5.74, 6) is -0.932. The Balaban J connectivity index is 1.30. The van der Waals surface area contributed by atoms with Gasteiger partial charge in [0.1, 0.15) is 0 Å². The first-order chi connectivity index (χ1) is 21.5. The van der Waals surface area contributed by atoms with Crippen molar-refractivity contribution in [3.05, 3.63) is 100 Å². The molecule has 10 heteroatoms. The second-order valence-corrected chi connectivity index (χ2v) is 12.5. The van der Waals surface area contributed by atoms with Crippen LogP contribution in [0.3, 0.4) is 0 Å². The van der Waals surface area contributed by atoms with Crippen molar-refractivity contribution >= 4 is 29.2 Å². The normalized spacial score (nSPS) is 24.0. The lowest BCUT2D eigenvalue weighted by atomic mass is 9.84. The number of anilines is 1. The zero-order chi connectivity index (χ0) is 32.1. The van der Waals surface area contributed by atoms with Gasteiger partial charge in [0, 0.05) is 48.7 Å². The number of carbonyl (C=O) groups excluding carboxylic acids is 2. The number of rotatable bonds is 9. The molecule has 5 rings (SSSR count). The van der Waals surface area contributed by atoms with E-state index in [2.05, 4.69) is 17.1 Å². The lowest BCUT2D eigenvalue weighted by molar-refractivity contribution is -0.277. The average Bonchev–Trinajstić information content (AvgIpc) is 3.03. The fraction of sp³-hybridized carbons (Fsp3) is 0.429. The summed E-state index contributed by atoms with van der Waals surface area (Å²) in [5.41, 5.74) is 3.17. The molecule has 5 unspecified atom stereocenters. The van der Waals surface area contributed by atoms with Crippen LogP contribution in [-0.2, 0) is 36.0 Å². The maximum absolute atomic E-state index is 12.4. The molecule has 1 amide bonds. The molecule has 2 aliphatic heterocycles. The van der Waals surface area contributed by atoms with Crippen LogP contribution in [0.4, 0.5) is 5.69 Å². The summed E-state index contributed by atoms with van der Waals surface area (Å²) in [5, 5.41) is 24.3. The van der Waals surface area contributed by atoms with Gasteiger partial charge in [-0.15, -0.1) is 0 Å². The number of aliphatic hydroxyl groups excluding tert-OH is 1. The van der Waals surface area contributed by atoms with Gasteiger partial charge in [0.15, 0.2) is 12.4 Å². The largest absolute Gasteiger partial charge is 0.453 e. The third-order valence-electron chi connectivity index (χ3n) is 8.79. The van der Waals surface area contributed by atoms with Crippen molar-refractivity contribution in [3.63, 3.8) is 0 Å². The van der Waals surface area contributed by atoms with E-state index in [4.69, 9.17) is 25.8 Å². The predicted octanol–water partition coefficient (Wildman–Crippen LogP) is 5.50. The number of benzene rings is 3. The van der Waals surface area contributed by atoms with Gasteiger partial charge in [-0.25, -0.2) is 0 Å². The number of hydrogen-bond acceptors (Lipinski definition) is 8. The van der Waals surface area contributed by atoms with Gasteiger partial charge in [0.05, 0.1) is 24.4 Å². The number of amides is 1. The highest BCUT2D eigenvalue weighted by molar-refractivity contribution is 6.30. The summed E-state index contributed by atoms with van der Waals surface area (Å²) in [4.78, 5) is 25.9. The van der Waals surface area contributed by atoms with Gasteiger partial charge in [-0.3, -0.25) is 9.59 Å². The fourth-order valence-electron chi connectivity index (χ4n) is 6.01. The third-order valence-corrected chi connectivity index (χ3v) is 9.04. The SMILES string of the molecule is CC(=O)OC(C)C(=O)Nc1ccc(C2OC(CN3CCC(O)(c4ccc(Cl)cc4)CC3)C(C)C(c3ccc(CO)cc3)O2)cc1. The molecule has 240 valence electrons. The topological polar surface area (TPSA) is 118 Å². The smallest absolute Gasteiger partial charge is 0.303 e. The van der Waals surface area contributed by atoms with E-state index in [0.717, 1.165) is 22.3 Å². The van der Waals surface area contributed by atoms with Gasteiger partial charge in [-0.2, -0.15) is 0 Å². The van der Waals surface area contributed by atoms with Crippen LogP contribution in [0.5, 0.6) is 0 Å². The number of esters is 1. The Bertz CT molecular complexity index is 1440. The summed E-state index contributed by atoms with van der Waals surface area (Å²) >= 11 is 6.07. The maximum Gasteiger partial charge on any atom is 0.303 e. The molecule has 5 atom stereocenters. The maximum atomic E-state index is 12.4. The van der Waals surface area contributed by atoms with E-state index in [-0.39, 0.29) is 24.7 Å². The van der Waals surface area contributed by atoms with Gasteiger partial charge in [0.2, 0.25) is 0 Å². The molecular weight excluding hydrogens is 596 g/mol. The molecule has 2 fully saturated rings. The quantitative estimate of drug-likeness (QED) is 0.264. The molecule has 3 aromatic rings. The molecule has 2 aliphatic rings. The first-order valence-corrected chi connectivity index (χ1v) is 15.7. The number of carbonyl (C=O) groups is 2. The van der Waals surface area contributed by atoms with Crippen molar-refractivity contribution in [1.29, 1.82) is 0 Å². The number of piperidine rings is 1. The minimum atomic E-state index is -0.913. The summed E-state index contributed by atoms with van der Waals surface area (Å²) in [6.45, 7) is 6.98. The van der Waals surface area contributed by atoms with Gasteiger partial charge in [-0.1, -0.05) is 67.1 Å². The minimum Gasteiger partial charge on any atom is -0.453 e. The second-order valence-electron chi connectivity index (χ2n) is 12.0. The van der Waals surface area contributed by atoms with Crippen LogP contribution < -0.4 is 5.32 Å². The van der Waals surface area contributed by atoms with Crippen LogP contribution >= 0.6 is 11.6 Å². The number of ether oxygens (including phenoxy) is 3. The lowest BCUT2D eigenvalue weighted by Crippen LogP contribution is -2.49. The van der Waals surface area contributed by atoms with Crippen molar-refractivity contribution in [3.8, 4) is 0 Å².